The molecule has 2 heterocycles. The molecular weight excluding hydrogens is 216 g/mol. The molecule has 0 radical (unpaired) electrons. The Balaban J connectivity index is 2.13. The number of rotatable bonds is 2. The molecule has 0 amide bonds. The summed E-state index contributed by atoms with van der Waals surface area (Å²) in [5, 5.41) is 0. The monoisotopic (exact) mass is 230 g/mol. The Hall–Kier alpha value is -0.980. The van der Waals surface area contributed by atoms with Crippen LogP contribution in [0.4, 0.5) is 0 Å². The van der Waals surface area contributed by atoms with Crippen LogP contribution in [0.1, 0.15) is 20.8 Å². The third kappa shape index (κ3) is 1.95. The summed E-state index contributed by atoms with van der Waals surface area (Å²) in [4.78, 5) is 21.6. The molecule has 2 rings (SSSR count). The topological polar surface area (TPSA) is 71.1 Å². The van der Waals surface area contributed by atoms with Gasteiger partial charge < -0.3 is 23.7 Å². The van der Waals surface area contributed by atoms with Crippen molar-refractivity contribution in [1.29, 1.82) is 0 Å². The third-order valence-corrected chi connectivity index (χ3v) is 2.46. The van der Waals surface area contributed by atoms with Crippen molar-refractivity contribution in [1.82, 2.24) is 0 Å². The van der Waals surface area contributed by atoms with E-state index in [2.05, 4.69) is 0 Å². The van der Waals surface area contributed by atoms with Crippen LogP contribution in [-0.4, -0.2) is 42.6 Å². The maximum atomic E-state index is 10.9. The van der Waals surface area contributed by atoms with Gasteiger partial charge >= 0.3 is 5.97 Å². The van der Waals surface area contributed by atoms with E-state index in [1.165, 1.54) is 6.92 Å². The van der Waals surface area contributed by atoms with Crippen LogP contribution < -0.4 is 0 Å². The lowest BCUT2D eigenvalue weighted by Gasteiger charge is -2.22. The third-order valence-electron chi connectivity index (χ3n) is 2.46. The van der Waals surface area contributed by atoms with E-state index < -0.39 is 36.4 Å². The second-order valence-corrected chi connectivity index (χ2v) is 4.28. The smallest absolute Gasteiger partial charge is 0.305 e. The highest BCUT2D eigenvalue weighted by molar-refractivity contribution is 5.66. The molecule has 0 spiro atoms. The average molecular weight is 230 g/mol. The molecule has 6 nitrogen and oxygen atoms in total. The Morgan fingerprint density at radius 2 is 1.94 bits per heavy atom. The van der Waals surface area contributed by atoms with E-state index in [4.69, 9.17) is 18.9 Å². The van der Waals surface area contributed by atoms with Gasteiger partial charge in [-0.1, -0.05) is 0 Å². The number of hydrogen-bond acceptors (Lipinski definition) is 6. The number of hydrogen-bond donors (Lipinski definition) is 0. The zero-order valence-electron chi connectivity index (χ0n) is 9.34. The zero-order valence-corrected chi connectivity index (χ0v) is 9.34. The van der Waals surface area contributed by atoms with E-state index in [9.17, 15) is 9.59 Å². The van der Waals surface area contributed by atoms with E-state index >= 15 is 0 Å². The molecule has 0 N–H and O–H groups in total. The van der Waals surface area contributed by atoms with Crippen LogP contribution in [-0.2, 0) is 28.5 Å². The van der Waals surface area contributed by atoms with Crippen LogP contribution in [0.25, 0.3) is 0 Å². The maximum absolute atomic E-state index is 10.9. The van der Waals surface area contributed by atoms with E-state index in [1.54, 1.807) is 13.8 Å². The van der Waals surface area contributed by atoms with E-state index in [0.717, 1.165) is 0 Å². The van der Waals surface area contributed by atoms with Crippen LogP contribution in [0.2, 0.25) is 0 Å². The van der Waals surface area contributed by atoms with Crippen molar-refractivity contribution in [3.8, 4) is 0 Å². The Labute approximate surface area is 92.8 Å². The van der Waals surface area contributed by atoms with Gasteiger partial charge in [0.25, 0.3) is 0 Å². The molecular formula is C10H14O6. The average Bonchev–Trinajstić information content (AvgIpc) is 2.60. The molecule has 2 fully saturated rings. The summed E-state index contributed by atoms with van der Waals surface area (Å²) in [6, 6.07) is 0. The van der Waals surface area contributed by atoms with Gasteiger partial charge in [-0.3, -0.25) is 4.79 Å². The molecule has 90 valence electrons. The maximum Gasteiger partial charge on any atom is 0.305 e. The van der Waals surface area contributed by atoms with Gasteiger partial charge in [0.2, 0.25) is 6.29 Å². The molecule has 2 aliphatic rings. The van der Waals surface area contributed by atoms with Crippen molar-refractivity contribution >= 4 is 12.3 Å². The van der Waals surface area contributed by atoms with Crippen molar-refractivity contribution in [2.75, 3.05) is 0 Å². The Morgan fingerprint density at radius 3 is 2.50 bits per heavy atom. The van der Waals surface area contributed by atoms with Crippen molar-refractivity contribution in [3.63, 3.8) is 0 Å². The molecule has 0 aromatic rings. The van der Waals surface area contributed by atoms with E-state index in [1.807, 2.05) is 0 Å². The van der Waals surface area contributed by atoms with E-state index in [-0.39, 0.29) is 0 Å². The lowest BCUT2D eigenvalue weighted by molar-refractivity contribution is -0.227. The highest BCUT2D eigenvalue weighted by atomic mass is 16.8. The summed E-state index contributed by atoms with van der Waals surface area (Å²) in [6.07, 6.45) is -2.06. The minimum absolute atomic E-state index is 0.483. The second kappa shape index (κ2) is 3.80. The highest BCUT2D eigenvalue weighted by Gasteiger charge is 2.56. The predicted octanol–water partition coefficient (Wildman–Crippen LogP) is -0.00660. The van der Waals surface area contributed by atoms with Crippen molar-refractivity contribution in [2.24, 2.45) is 0 Å². The van der Waals surface area contributed by atoms with Crippen LogP contribution >= 0.6 is 0 Å². The Kier molecular flexibility index (Phi) is 2.73. The van der Waals surface area contributed by atoms with Gasteiger partial charge in [-0.15, -0.1) is 0 Å². The highest BCUT2D eigenvalue weighted by Crippen LogP contribution is 2.38. The van der Waals surface area contributed by atoms with Crippen LogP contribution in [0.3, 0.4) is 0 Å². The van der Waals surface area contributed by atoms with Gasteiger partial charge in [-0.2, -0.15) is 0 Å². The van der Waals surface area contributed by atoms with Gasteiger partial charge in [0.15, 0.2) is 18.2 Å². The number of esters is 1. The van der Waals surface area contributed by atoms with Gasteiger partial charge in [-0.25, -0.2) is 0 Å². The van der Waals surface area contributed by atoms with Gasteiger partial charge in [-0.05, 0) is 13.8 Å². The molecule has 2 aliphatic heterocycles. The quantitative estimate of drug-likeness (QED) is 0.491. The number of fused-ring (bicyclic) bond motifs is 1. The summed E-state index contributed by atoms with van der Waals surface area (Å²) in [5.41, 5.74) is 0. The summed E-state index contributed by atoms with van der Waals surface area (Å²) in [6.45, 7) is 4.74. The van der Waals surface area contributed by atoms with Crippen LogP contribution in [0, 0.1) is 0 Å². The largest absolute Gasteiger partial charge is 0.433 e. The van der Waals surface area contributed by atoms with Crippen molar-refractivity contribution in [3.05, 3.63) is 0 Å². The standard InChI is InChI=1S/C10H14O6/c1-5(12)13-9-8-7(6(4-11)14-9)15-10(2,3)16-8/h4,6-9H,1-3H3/t6-,7+,8+,9?/m1/s1. The van der Waals surface area contributed by atoms with Crippen molar-refractivity contribution in [2.45, 2.75) is 51.2 Å². The fraction of sp³-hybridized carbons (Fsp3) is 0.800. The van der Waals surface area contributed by atoms with Crippen molar-refractivity contribution < 1.29 is 28.5 Å². The second-order valence-electron chi connectivity index (χ2n) is 4.28. The fourth-order valence-electron chi connectivity index (χ4n) is 1.96. The summed E-state index contributed by atoms with van der Waals surface area (Å²) in [5.74, 6) is -1.28. The normalized spacial score (nSPS) is 40.4. The molecule has 0 saturated carbocycles. The number of aldehydes is 1. The fourth-order valence-corrected chi connectivity index (χ4v) is 1.96. The van der Waals surface area contributed by atoms with Gasteiger partial charge in [0, 0.05) is 6.92 Å². The number of carbonyl (C=O) groups excluding carboxylic acids is 2. The molecule has 2 saturated heterocycles. The summed E-state index contributed by atoms with van der Waals surface area (Å²) in [7, 11) is 0. The summed E-state index contributed by atoms with van der Waals surface area (Å²) < 4.78 is 21.2. The molecule has 0 aliphatic carbocycles. The molecule has 4 atom stereocenters. The first-order valence-corrected chi connectivity index (χ1v) is 5.06. The molecule has 0 bridgehead atoms. The molecule has 1 unspecified atom stereocenters. The minimum Gasteiger partial charge on any atom is -0.433 e. The number of ether oxygens (including phenoxy) is 4. The minimum atomic E-state index is -0.875. The van der Waals surface area contributed by atoms with Crippen LogP contribution in [0.5, 0.6) is 0 Å². The Morgan fingerprint density at radius 1 is 1.31 bits per heavy atom. The predicted molar refractivity (Wildman–Crippen MR) is 50.3 cm³/mol. The van der Waals surface area contributed by atoms with Gasteiger partial charge in [0.05, 0.1) is 0 Å². The SMILES string of the molecule is CC(=O)OC1O[C@H](C=O)[C@@H]2OC(C)(C)O[C@H]12. The van der Waals surface area contributed by atoms with Crippen LogP contribution in [0.15, 0.2) is 0 Å². The molecule has 0 aromatic heterocycles. The molecule has 0 aromatic carbocycles. The molecule has 6 heteroatoms. The lowest BCUT2D eigenvalue weighted by Crippen LogP contribution is -2.32. The first-order valence-electron chi connectivity index (χ1n) is 5.06. The first-order chi connectivity index (χ1) is 7.43. The number of carbonyl (C=O) groups is 2. The van der Waals surface area contributed by atoms with Gasteiger partial charge in [0.1, 0.15) is 12.2 Å². The zero-order chi connectivity index (χ0) is 11.9. The molecule has 16 heavy (non-hydrogen) atoms. The lowest BCUT2D eigenvalue weighted by atomic mass is 10.1. The van der Waals surface area contributed by atoms with E-state index in [0.29, 0.717) is 6.29 Å². The first kappa shape index (κ1) is 11.5. The summed E-state index contributed by atoms with van der Waals surface area (Å²) >= 11 is 0. The Bertz CT molecular complexity index is 312.